The zero-order chi connectivity index (χ0) is 13.7. The van der Waals surface area contributed by atoms with Crippen LogP contribution in [0.4, 0.5) is 0 Å². The monoisotopic (exact) mass is 301 g/mol. The fourth-order valence-electron chi connectivity index (χ4n) is 2.38. The molecule has 0 saturated carbocycles. The lowest BCUT2D eigenvalue weighted by atomic mass is 10.1. The number of hydrogen-bond donors (Lipinski definition) is 2. The number of nitrogens with zero attached hydrogens (tertiary/aromatic N) is 3. The van der Waals surface area contributed by atoms with Gasteiger partial charge in [0.2, 0.25) is 0 Å². The molecule has 2 N–H and O–H groups in total. The molecule has 20 heavy (non-hydrogen) atoms. The largest absolute Gasteiger partial charge is 0.348 e. The maximum absolute atomic E-state index is 12.0. The molecule has 1 amide bonds. The second kappa shape index (κ2) is 8.21. The first-order chi connectivity index (χ1) is 9.24. The zero-order valence-electron chi connectivity index (χ0n) is 12.1. The van der Waals surface area contributed by atoms with Crippen LogP contribution in [0.3, 0.4) is 0 Å². The summed E-state index contributed by atoms with van der Waals surface area (Å²) in [5.74, 6) is -0.117. The van der Waals surface area contributed by atoms with Crippen LogP contribution in [0.15, 0.2) is 6.20 Å². The number of nitrogens with one attached hydrogen (secondary N) is 2. The number of carbonyl (C=O) groups is 1. The van der Waals surface area contributed by atoms with E-state index in [0.29, 0.717) is 11.7 Å². The second-order valence-corrected chi connectivity index (χ2v) is 5.05. The minimum Gasteiger partial charge on any atom is -0.348 e. The van der Waals surface area contributed by atoms with E-state index in [1.165, 1.54) is 0 Å². The van der Waals surface area contributed by atoms with Crippen molar-refractivity contribution in [3.05, 3.63) is 11.9 Å². The maximum atomic E-state index is 12.0. The van der Waals surface area contributed by atoms with E-state index in [1.54, 1.807) is 6.20 Å². The summed E-state index contributed by atoms with van der Waals surface area (Å²) in [5.41, 5.74) is 0.422. The number of rotatable bonds is 5. The Bertz CT molecular complexity index is 413. The number of carbonyl (C=O) groups excluding carboxylic acids is 1. The molecule has 114 valence electrons. The number of aromatic nitrogens is 3. The summed E-state index contributed by atoms with van der Waals surface area (Å²) in [6.07, 6.45) is 5.72. The highest BCUT2D eigenvalue weighted by atomic mass is 35.5. The van der Waals surface area contributed by atoms with Crippen molar-refractivity contribution in [1.29, 1.82) is 0 Å². The molecule has 0 atom stereocenters. The lowest BCUT2D eigenvalue weighted by Gasteiger charge is -2.22. The van der Waals surface area contributed by atoms with Gasteiger partial charge < -0.3 is 10.6 Å². The third-order valence-electron chi connectivity index (χ3n) is 3.75. The molecule has 0 unspecified atom stereocenters. The van der Waals surface area contributed by atoms with Crippen molar-refractivity contribution in [2.75, 3.05) is 13.1 Å². The summed E-state index contributed by atoms with van der Waals surface area (Å²) in [4.78, 5) is 12.0. The SMILES string of the molecule is CCC(CC)NC(=O)c1cn(C2CCNCC2)nn1.Cl. The minimum atomic E-state index is -0.117. The van der Waals surface area contributed by atoms with Crippen LogP contribution in [-0.4, -0.2) is 40.0 Å². The van der Waals surface area contributed by atoms with Crippen LogP contribution in [0.1, 0.15) is 56.1 Å². The highest BCUT2D eigenvalue weighted by Gasteiger charge is 2.19. The van der Waals surface area contributed by atoms with Gasteiger partial charge in [0.1, 0.15) is 0 Å². The van der Waals surface area contributed by atoms with Gasteiger partial charge in [-0.3, -0.25) is 4.79 Å². The van der Waals surface area contributed by atoms with Crippen LogP contribution >= 0.6 is 12.4 Å². The highest BCUT2D eigenvalue weighted by molar-refractivity contribution is 5.92. The molecule has 1 fully saturated rings. The average molecular weight is 302 g/mol. The Kier molecular flexibility index (Phi) is 6.95. The van der Waals surface area contributed by atoms with Gasteiger partial charge in [-0.1, -0.05) is 19.1 Å². The molecule has 2 rings (SSSR count). The van der Waals surface area contributed by atoms with E-state index in [1.807, 2.05) is 4.68 Å². The van der Waals surface area contributed by atoms with Crippen LogP contribution in [-0.2, 0) is 0 Å². The van der Waals surface area contributed by atoms with Crippen LogP contribution in [0.5, 0.6) is 0 Å². The molecule has 6 nitrogen and oxygen atoms in total. The van der Waals surface area contributed by atoms with E-state index in [0.717, 1.165) is 38.8 Å². The number of hydrogen-bond acceptors (Lipinski definition) is 4. The lowest BCUT2D eigenvalue weighted by Crippen LogP contribution is -2.34. The summed E-state index contributed by atoms with van der Waals surface area (Å²) in [7, 11) is 0. The number of halogens is 1. The summed E-state index contributed by atoms with van der Waals surface area (Å²) in [5, 5.41) is 14.4. The lowest BCUT2D eigenvalue weighted by molar-refractivity contribution is 0.0929. The molecule has 1 saturated heterocycles. The standard InChI is InChI=1S/C13H23N5O.ClH/c1-3-10(4-2)15-13(19)12-9-18(17-16-12)11-5-7-14-8-6-11;/h9-11,14H,3-8H2,1-2H3,(H,15,19);1H. The zero-order valence-corrected chi connectivity index (χ0v) is 12.9. The van der Waals surface area contributed by atoms with E-state index < -0.39 is 0 Å². The first kappa shape index (κ1) is 16.9. The number of amides is 1. The molecule has 0 radical (unpaired) electrons. The molecule has 1 aromatic heterocycles. The van der Waals surface area contributed by atoms with Gasteiger partial charge in [-0.05, 0) is 38.8 Å². The van der Waals surface area contributed by atoms with Crippen molar-refractivity contribution in [2.24, 2.45) is 0 Å². The molecule has 7 heteroatoms. The first-order valence-electron chi connectivity index (χ1n) is 7.18. The van der Waals surface area contributed by atoms with Crippen LogP contribution in [0.25, 0.3) is 0 Å². The summed E-state index contributed by atoms with van der Waals surface area (Å²) >= 11 is 0. The van der Waals surface area contributed by atoms with Gasteiger partial charge >= 0.3 is 0 Å². The molecule has 0 spiro atoms. The van der Waals surface area contributed by atoms with Crippen molar-refractivity contribution in [2.45, 2.75) is 51.6 Å². The fraction of sp³-hybridized carbons (Fsp3) is 0.769. The smallest absolute Gasteiger partial charge is 0.273 e. The second-order valence-electron chi connectivity index (χ2n) is 5.05. The molecule has 0 bridgehead atoms. The van der Waals surface area contributed by atoms with Gasteiger partial charge in [0.25, 0.3) is 5.91 Å². The fourth-order valence-corrected chi connectivity index (χ4v) is 2.38. The average Bonchev–Trinajstić information content (AvgIpc) is 2.95. The topological polar surface area (TPSA) is 71.8 Å². The normalized spacial score (nSPS) is 15.9. The van der Waals surface area contributed by atoms with Gasteiger partial charge in [-0.25, -0.2) is 4.68 Å². The van der Waals surface area contributed by atoms with Crippen molar-refractivity contribution in [3.8, 4) is 0 Å². The van der Waals surface area contributed by atoms with Crippen molar-refractivity contribution in [1.82, 2.24) is 25.6 Å². The molecule has 0 aromatic carbocycles. The van der Waals surface area contributed by atoms with Crippen LogP contribution < -0.4 is 10.6 Å². The van der Waals surface area contributed by atoms with Gasteiger partial charge in [-0.2, -0.15) is 0 Å². The van der Waals surface area contributed by atoms with Crippen molar-refractivity contribution < 1.29 is 4.79 Å². The predicted molar refractivity (Wildman–Crippen MR) is 80.2 cm³/mol. The number of piperidine rings is 1. The molecule has 1 aromatic rings. The maximum Gasteiger partial charge on any atom is 0.273 e. The molecule has 0 aliphatic carbocycles. The first-order valence-corrected chi connectivity index (χ1v) is 7.18. The minimum absolute atomic E-state index is 0. The van der Waals surface area contributed by atoms with Gasteiger partial charge in [-0.15, -0.1) is 17.5 Å². The third kappa shape index (κ3) is 4.18. The third-order valence-corrected chi connectivity index (χ3v) is 3.75. The Labute approximate surface area is 126 Å². The summed E-state index contributed by atoms with van der Waals surface area (Å²) < 4.78 is 1.84. The molecule has 1 aliphatic rings. The van der Waals surface area contributed by atoms with Crippen molar-refractivity contribution in [3.63, 3.8) is 0 Å². The van der Waals surface area contributed by atoms with Crippen LogP contribution in [0, 0.1) is 0 Å². The van der Waals surface area contributed by atoms with E-state index >= 15 is 0 Å². The van der Waals surface area contributed by atoms with Gasteiger partial charge in [0, 0.05) is 6.04 Å². The summed E-state index contributed by atoms with van der Waals surface area (Å²) in [6.45, 7) is 6.14. The molecular formula is C13H24ClN5O. The highest BCUT2D eigenvalue weighted by Crippen LogP contribution is 2.17. The Morgan fingerprint density at radius 3 is 2.70 bits per heavy atom. The van der Waals surface area contributed by atoms with Crippen LogP contribution in [0.2, 0.25) is 0 Å². The Balaban J connectivity index is 0.00000200. The van der Waals surface area contributed by atoms with Gasteiger partial charge in [0.05, 0.1) is 12.2 Å². The Morgan fingerprint density at radius 2 is 2.10 bits per heavy atom. The quantitative estimate of drug-likeness (QED) is 0.865. The summed E-state index contributed by atoms with van der Waals surface area (Å²) in [6, 6.07) is 0.583. The molecular weight excluding hydrogens is 278 g/mol. The predicted octanol–water partition coefficient (Wildman–Crippen LogP) is 1.54. The molecule has 2 heterocycles. The Morgan fingerprint density at radius 1 is 1.45 bits per heavy atom. The van der Waals surface area contributed by atoms with E-state index in [4.69, 9.17) is 0 Å². The van der Waals surface area contributed by atoms with E-state index in [9.17, 15) is 4.79 Å². The van der Waals surface area contributed by atoms with E-state index in [2.05, 4.69) is 34.8 Å². The van der Waals surface area contributed by atoms with Crippen molar-refractivity contribution >= 4 is 18.3 Å². The molecule has 1 aliphatic heterocycles. The van der Waals surface area contributed by atoms with Gasteiger partial charge in [0.15, 0.2) is 5.69 Å². The van der Waals surface area contributed by atoms with E-state index in [-0.39, 0.29) is 24.4 Å². The Hall–Kier alpha value is -1.14.